The Morgan fingerprint density at radius 1 is 1.05 bits per heavy atom. The fourth-order valence-electron chi connectivity index (χ4n) is 3.12. The highest BCUT2D eigenvalue weighted by Crippen LogP contribution is 2.46. The van der Waals surface area contributed by atoms with Crippen molar-refractivity contribution in [2.45, 2.75) is 12.5 Å². The van der Waals surface area contributed by atoms with Crippen LogP contribution in [0.2, 0.25) is 0 Å². The molecule has 1 aromatic heterocycles. The predicted molar refractivity (Wildman–Crippen MR) is 91.1 cm³/mol. The molecular weight excluding hydrogens is 290 g/mol. The summed E-state index contributed by atoms with van der Waals surface area (Å²) in [5.41, 5.74) is 2.26. The van der Waals surface area contributed by atoms with Crippen LogP contribution in [0, 0.1) is 0 Å². The maximum absolute atomic E-state index is 13.2. The fraction of sp³-hybridized carbons (Fsp3) is 0.105. The minimum atomic E-state index is -0.626. The van der Waals surface area contributed by atoms with Gasteiger partial charge in [-0.15, -0.1) is 11.3 Å². The summed E-state index contributed by atoms with van der Waals surface area (Å²) in [5.74, 6) is 0.161. The third-order valence-corrected chi connectivity index (χ3v) is 5.13. The molecule has 2 aliphatic rings. The summed E-state index contributed by atoms with van der Waals surface area (Å²) < 4.78 is 0. The van der Waals surface area contributed by atoms with E-state index in [1.807, 2.05) is 67.1 Å². The normalized spacial score (nSPS) is 23.3. The van der Waals surface area contributed by atoms with Crippen LogP contribution in [0.1, 0.15) is 17.4 Å². The average molecular weight is 305 g/mol. The van der Waals surface area contributed by atoms with E-state index >= 15 is 0 Å². The predicted octanol–water partition coefficient (Wildman–Crippen LogP) is 4.34. The Hall–Kier alpha value is -2.39. The zero-order valence-electron chi connectivity index (χ0n) is 12.2. The number of carbonyl (C=O) groups excluding carboxylic acids is 1. The van der Waals surface area contributed by atoms with Gasteiger partial charge in [-0.1, -0.05) is 48.6 Å². The molecule has 0 spiro atoms. The number of hydrogen-bond acceptors (Lipinski definition) is 3. The quantitative estimate of drug-likeness (QED) is 0.822. The maximum atomic E-state index is 13.2. The Morgan fingerprint density at radius 3 is 2.59 bits per heavy atom. The van der Waals surface area contributed by atoms with Crippen molar-refractivity contribution in [3.05, 3.63) is 82.7 Å². The fourth-order valence-corrected chi connectivity index (χ4v) is 3.88. The molecule has 3 heterocycles. The third kappa shape index (κ3) is 1.76. The van der Waals surface area contributed by atoms with Gasteiger partial charge in [-0.3, -0.25) is 4.79 Å². The third-order valence-electron chi connectivity index (χ3n) is 4.25. The summed E-state index contributed by atoms with van der Waals surface area (Å²) in [6, 6.07) is 14.2. The molecule has 108 valence electrons. The first-order chi connectivity index (χ1) is 10.7. The van der Waals surface area contributed by atoms with Gasteiger partial charge in [0.25, 0.3) is 0 Å². The summed E-state index contributed by atoms with van der Waals surface area (Å²) >= 11 is 1.61. The SMILES string of the molecule is CC12C=CC=CN1C(c1ccccc1)=C(c1cccs1)C2=O. The van der Waals surface area contributed by atoms with Crippen molar-refractivity contribution in [1.82, 2.24) is 4.90 Å². The van der Waals surface area contributed by atoms with Crippen molar-refractivity contribution in [1.29, 1.82) is 0 Å². The lowest BCUT2D eigenvalue weighted by atomic mass is 9.92. The van der Waals surface area contributed by atoms with E-state index in [0.717, 1.165) is 21.7 Å². The van der Waals surface area contributed by atoms with E-state index in [2.05, 4.69) is 17.0 Å². The number of fused-ring (bicyclic) bond motifs is 1. The standard InChI is InChI=1S/C19H15NOS/c1-19-11-5-6-12-20(19)17(14-8-3-2-4-9-14)16(18(19)21)15-10-7-13-22-15/h2-13H,1H3. The highest BCUT2D eigenvalue weighted by Gasteiger charge is 2.48. The van der Waals surface area contributed by atoms with E-state index in [1.54, 1.807) is 11.3 Å². The molecule has 0 aliphatic carbocycles. The van der Waals surface area contributed by atoms with E-state index in [0.29, 0.717) is 0 Å². The van der Waals surface area contributed by atoms with Crippen molar-refractivity contribution >= 4 is 28.4 Å². The topological polar surface area (TPSA) is 20.3 Å². The van der Waals surface area contributed by atoms with E-state index < -0.39 is 5.54 Å². The van der Waals surface area contributed by atoms with Crippen molar-refractivity contribution in [3.8, 4) is 0 Å². The first kappa shape index (κ1) is 13.3. The highest BCUT2D eigenvalue weighted by atomic mass is 32.1. The minimum absolute atomic E-state index is 0.161. The molecule has 0 radical (unpaired) electrons. The number of carbonyl (C=O) groups is 1. The van der Waals surface area contributed by atoms with Crippen molar-refractivity contribution < 1.29 is 4.79 Å². The van der Waals surface area contributed by atoms with E-state index in [4.69, 9.17) is 0 Å². The number of hydrogen-bond donors (Lipinski definition) is 0. The van der Waals surface area contributed by atoms with E-state index in [-0.39, 0.29) is 5.78 Å². The Bertz CT molecular complexity index is 814. The van der Waals surface area contributed by atoms with E-state index in [1.165, 1.54) is 0 Å². The molecule has 22 heavy (non-hydrogen) atoms. The van der Waals surface area contributed by atoms with Crippen LogP contribution in [0.3, 0.4) is 0 Å². The molecular formula is C19H15NOS. The van der Waals surface area contributed by atoms with Crippen LogP contribution in [0.15, 0.2) is 72.3 Å². The Kier molecular flexibility index (Phi) is 2.91. The Morgan fingerprint density at radius 2 is 1.86 bits per heavy atom. The number of thiophene rings is 1. The Balaban J connectivity index is 2.01. The Labute approximate surface area is 133 Å². The number of nitrogens with zero attached hydrogens (tertiary/aromatic N) is 1. The van der Waals surface area contributed by atoms with Crippen molar-refractivity contribution in [2.75, 3.05) is 0 Å². The van der Waals surface area contributed by atoms with Gasteiger partial charge in [0.1, 0.15) is 5.54 Å². The summed E-state index contributed by atoms with van der Waals surface area (Å²) in [4.78, 5) is 16.3. The number of allylic oxidation sites excluding steroid dienone is 2. The maximum Gasteiger partial charge on any atom is 0.195 e. The molecule has 2 aromatic rings. The highest BCUT2D eigenvalue weighted by molar-refractivity contribution is 7.11. The minimum Gasteiger partial charge on any atom is -0.330 e. The summed E-state index contributed by atoms with van der Waals surface area (Å²) in [6.45, 7) is 1.98. The van der Waals surface area contributed by atoms with Gasteiger partial charge < -0.3 is 4.90 Å². The first-order valence-electron chi connectivity index (χ1n) is 7.25. The molecule has 1 aromatic carbocycles. The van der Waals surface area contributed by atoms with Gasteiger partial charge in [0, 0.05) is 11.1 Å². The second-order valence-corrected chi connectivity index (χ2v) is 6.56. The molecule has 0 N–H and O–H groups in total. The van der Waals surface area contributed by atoms with Gasteiger partial charge in [-0.2, -0.15) is 0 Å². The molecule has 3 heteroatoms. The number of Topliss-reactive ketones (excluding diaryl/α,β-unsaturated/α-hetero) is 1. The molecule has 0 fully saturated rings. The lowest BCUT2D eigenvalue weighted by molar-refractivity contribution is -0.118. The van der Waals surface area contributed by atoms with Crippen LogP contribution < -0.4 is 0 Å². The molecule has 2 nitrogen and oxygen atoms in total. The molecule has 0 bridgehead atoms. The van der Waals surface area contributed by atoms with Crippen LogP contribution in [-0.2, 0) is 4.79 Å². The second kappa shape index (κ2) is 4.82. The van der Waals surface area contributed by atoms with Crippen LogP contribution in [0.4, 0.5) is 0 Å². The van der Waals surface area contributed by atoms with Gasteiger partial charge in [0.05, 0.1) is 11.3 Å². The molecule has 0 amide bonds. The molecule has 4 rings (SSSR count). The first-order valence-corrected chi connectivity index (χ1v) is 8.13. The molecule has 0 saturated heterocycles. The number of ketones is 1. The van der Waals surface area contributed by atoms with Crippen LogP contribution >= 0.6 is 11.3 Å². The van der Waals surface area contributed by atoms with Crippen LogP contribution in [0.5, 0.6) is 0 Å². The molecule has 1 unspecified atom stereocenters. The van der Waals surface area contributed by atoms with Crippen LogP contribution in [-0.4, -0.2) is 16.2 Å². The summed E-state index contributed by atoms with van der Waals surface area (Å²) in [6.07, 6.45) is 7.92. The monoisotopic (exact) mass is 305 g/mol. The average Bonchev–Trinajstić information content (AvgIpc) is 3.14. The molecule has 0 saturated carbocycles. The van der Waals surface area contributed by atoms with Crippen molar-refractivity contribution in [3.63, 3.8) is 0 Å². The van der Waals surface area contributed by atoms with Gasteiger partial charge in [-0.05, 0) is 30.0 Å². The number of benzene rings is 1. The number of rotatable bonds is 2. The van der Waals surface area contributed by atoms with E-state index in [9.17, 15) is 4.79 Å². The zero-order valence-corrected chi connectivity index (χ0v) is 13.0. The van der Waals surface area contributed by atoms with Gasteiger partial charge in [-0.25, -0.2) is 0 Å². The lowest BCUT2D eigenvalue weighted by Crippen LogP contribution is -2.43. The smallest absolute Gasteiger partial charge is 0.195 e. The lowest BCUT2D eigenvalue weighted by Gasteiger charge is -2.34. The largest absolute Gasteiger partial charge is 0.330 e. The molecule has 2 aliphatic heterocycles. The molecule has 1 atom stereocenters. The second-order valence-electron chi connectivity index (χ2n) is 5.61. The zero-order chi connectivity index (χ0) is 15.2. The van der Waals surface area contributed by atoms with Crippen LogP contribution in [0.25, 0.3) is 11.3 Å². The van der Waals surface area contributed by atoms with Gasteiger partial charge >= 0.3 is 0 Å². The van der Waals surface area contributed by atoms with Gasteiger partial charge in [0.15, 0.2) is 5.78 Å². The van der Waals surface area contributed by atoms with Crippen molar-refractivity contribution in [2.24, 2.45) is 0 Å². The summed E-state index contributed by atoms with van der Waals surface area (Å²) in [5, 5.41) is 2.02. The van der Waals surface area contributed by atoms with Gasteiger partial charge in [0.2, 0.25) is 0 Å². The summed E-state index contributed by atoms with van der Waals surface area (Å²) in [7, 11) is 0.